The van der Waals surface area contributed by atoms with Gasteiger partial charge in [0.25, 0.3) is 0 Å². The molecule has 1 atom stereocenters. The lowest BCUT2D eigenvalue weighted by Gasteiger charge is -2.32. The Balaban J connectivity index is 2.45. The van der Waals surface area contributed by atoms with E-state index in [1.807, 2.05) is 13.1 Å². The Bertz CT molecular complexity index is 534. The molecule has 6 nitrogen and oxygen atoms in total. The number of rotatable bonds is 3. The van der Waals surface area contributed by atoms with Gasteiger partial charge in [-0.2, -0.15) is 5.10 Å². The Morgan fingerprint density at radius 1 is 1.47 bits per heavy atom. The standard InChI is InChI=1S/C12H18ClN5O/c1-7(2)9-5-10(17(3)16-9)18-11(19-4)8(13)6-15-12(18)14/h5-7,11H,1-4H3,(H2,14,15). The monoisotopic (exact) mass is 283 g/mol. The van der Waals surface area contributed by atoms with E-state index in [0.29, 0.717) is 16.9 Å². The highest BCUT2D eigenvalue weighted by atomic mass is 35.5. The minimum atomic E-state index is -0.477. The molecule has 0 spiro atoms. The number of aliphatic imine (C=N–C) groups is 1. The summed E-state index contributed by atoms with van der Waals surface area (Å²) in [7, 11) is 3.43. The second-order valence-corrected chi connectivity index (χ2v) is 5.10. The number of nitrogens with two attached hydrogens (primary N) is 1. The minimum Gasteiger partial charge on any atom is -0.369 e. The molecule has 1 unspecified atom stereocenters. The van der Waals surface area contributed by atoms with Crippen LogP contribution in [0.1, 0.15) is 25.5 Å². The van der Waals surface area contributed by atoms with Gasteiger partial charge in [0.05, 0.1) is 10.7 Å². The molecule has 0 amide bonds. The number of hydrogen-bond acceptors (Lipinski definition) is 5. The maximum Gasteiger partial charge on any atom is 0.204 e. The Morgan fingerprint density at radius 2 is 2.16 bits per heavy atom. The van der Waals surface area contributed by atoms with Crippen LogP contribution in [-0.4, -0.2) is 29.1 Å². The van der Waals surface area contributed by atoms with E-state index in [4.69, 9.17) is 22.1 Å². The van der Waals surface area contributed by atoms with Gasteiger partial charge in [0.2, 0.25) is 5.96 Å². The highest BCUT2D eigenvalue weighted by molar-refractivity contribution is 6.31. The molecule has 0 saturated carbocycles. The van der Waals surface area contributed by atoms with E-state index in [1.54, 1.807) is 16.7 Å². The number of hydrogen-bond donors (Lipinski definition) is 1. The Kier molecular flexibility index (Phi) is 3.82. The number of methoxy groups -OCH3 is 1. The van der Waals surface area contributed by atoms with Crippen LogP contribution in [0.5, 0.6) is 0 Å². The molecule has 104 valence electrons. The summed E-state index contributed by atoms with van der Waals surface area (Å²) in [5, 5.41) is 4.94. The molecule has 1 aliphatic rings. The molecule has 1 aromatic rings. The van der Waals surface area contributed by atoms with Gasteiger partial charge in [0.1, 0.15) is 5.82 Å². The molecule has 0 aromatic carbocycles. The van der Waals surface area contributed by atoms with Crippen molar-refractivity contribution in [1.29, 1.82) is 0 Å². The number of ether oxygens (including phenoxy) is 1. The lowest BCUT2D eigenvalue weighted by atomic mass is 10.1. The van der Waals surface area contributed by atoms with Gasteiger partial charge < -0.3 is 10.5 Å². The van der Waals surface area contributed by atoms with Crippen molar-refractivity contribution in [2.24, 2.45) is 17.8 Å². The zero-order valence-corrected chi connectivity index (χ0v) is 12.2. The zero-order chi connectivity index (χ0) is 14.2. The van der Waals surface area contributed by atoms with Gasteiger partial charge in [0, 0.05) is 26.4 Å². The van der Waals surface area contributed by atoms with Crippen LogP contribution in [0.25, 0.3) is 0 Å². The van der Waals surface area contributed by atoms with Crippen molar-refractivity contribution in [3.8, 4) is 0 Å². The molecular weight excluding hydrogens is 266 g/mol. The van der Waals surface area contributed by atoms with Crippen molar-refractivity contribution >= 4 is 23.4 Å². The fraction of sp³-hybridized carbons (Fsp3) is 0.500. The largest absolute Gasteiger partial charge is 0.369 e. The predicted molar refractivity (Wildman–Crippen MR) is 76.1 cm³/mol. The summed E-state index contributed by atoms with van der Waals surface area (Å²) in [6.07, 6.45) is 1.02. The molecule has 0 saturated heterocycles. The number of nitrogens with zero attached hydrogens (tertiary/aromatic N) is 4. The first kappa shape index (κ1) is 13.9. The number of halogens is 1. The van der Waals surface area contributed by atoms with Crippen LogP contribution >= 0.6 is 11.6 Å². The lowest BCUT2D eigenvalue weighted by molar-refractivity contribution is 0.142. The highest BCUT2D eigenvalue weighted by Crippen LogP contribution is 2.28. The molecule has 0 aliphatic carbocycles. The van der Waals surface area contributed by atoms with E-state index in [2.05, 4.69) is 23.9 Å². The summed E-state index contributed by atoms with van der Waals surface area (Å²) in [5.41, 5.74) is 6.92. The van der Waals surface area contributed by atoms with Gasteiger partial charge in [0.15, 0.2) is 6.23 Å². The molecule has 2 heterocycles. The fourth-order valence-corrected chi connectivity index (χ4v) is 2.17. The van der Waals surface area contributed by atoms with Crippen LogP contribution in [0.2, 0.25) is 0 Å². The highest BCUT2D eigenvalue weighted by Gasteiger charge is 2.30. The van der Waals surface area contributed by atoms with Gasteiger partial charge in [-0.15, -0.1) is 0 Å². The van der Waals surface area contributed by atoms with Crippen molar-refractivity contribution in [2.75, 3.05) is 12.0 Å². The summed E-state index contributed by atoms with van der Waals surface area (Å²) < 4.78 is 7.14. The third kappa shape index (κ3) is 2.46. The lowest BCUT2D eigenvalue weighted by Crippen LogP contribution is -2.48. The van der Waals surface area contributed by atoms with Gasteiger partial charge >= 0.3 is 0 Å². The van der Waals surface area contributed by atoms with Gasteiger partial charge in [-0.1, -0.05) is 25.4 Å². The summed E-state index contributed by atoms with van der Waals surface area (Å²) in [4.78, 5) is 5.79. The van der Waals surface area contributed by atoms with Gasteiger partial charge in [-0.25, -0.2) is 4.99 Å². The van der Waals surface area contributed by atoms with Crippen molar-refractivity contribution < 1.29 is 4.74 Å². The van der Waals surface area contributed by atoms with Crippen molar-refractivity contribution in [3.63, 3.8) is 0 Å². The predicted octanol–water partition coefficient (Wildman–Crippen LogP) is 1.73. The normalized spacial score (nSPS) is 19.7. The maximum atomic E-state index is 6.12. The van der Waals surface area contributed by atoms with Crippen molar-refractivity contribution in [3.05, 3.63) is 23.0 Å². The average Bonchev–Trinajstić information content (AvgIpc) is 2.74. The average molecular weight is 284 g/mol. The Labute approximate surface area is 117 Å². The van der Waals surface area contributed by atoms with E-state index >= 15 is 0 Å². The van der Waals surface area contributed by atoms with Crippen LogP contribution < -0.4 is 10.6 Å². The molecular formula is C12H18ClN5O. The summed E-state index contributed by atoms with van der Waals surface area (Å²) in [6.45, 7) is 4.17. The minimum absolute atomic E-state index is 0.328. The first-order valence-corrected chi connectivity index (χ1v) is 6.38. The number of guanidine groups is 1. The van der Waals surface area contributed by atoms with E-state index in [-0.39, 0.29) is 0 Å². The molecule has 0 fully saturated rings. The van der Waals surface area contributed by atoms with E-state index in [0.717, 1.165) is 11.5 Å². The maximum absolute atomic E-state index is 6.12. The molecule has 19 heavy (non-hydrogen) atoms. The molecule has 2 N–H and O–H groups in total. The molecule has 2 rings (SSSR count). The second-order valence-electron chi connectivity index (χ2n) is 4.67. The van der Waals surface area contributed by atoms with Crippen LogP contribution in [0.3, 0.4) is 0 Å². The quantitative estimate of drug-likeness (QED) is 0.917. The van der Waals surface area contributed by atoms with Crippen molar-refractivity contribution in [1.82, 2.24) is 9.78 Å². The molecule has 1 aromatic heterocycles. The van der Waals surface area contributed by atoms with Gasteiger partial charge in [-0.3, -0.25) is 9.58 Å². The first-order chi connectivity index (χ1) is 8.95. The molecule has 7 heteroatoms. The first-order valence-electron chi connectivity index (χ1n) is 6.00. The molecule has 0 bridgehead atoms. The summed E-state index contributed by atoms with van der Waals surface area (Å²) in [6, 6.07) is 1.97. The zero-order valence-electron chi connectivity index (χ0n) is 11.5. The van der Waals surface area contributed by atoms with Crippen LogP contribution in [0, 0.1) is 0 Å². The molecule has 0 radical (unpaired) electrons. The van der Waals surface area contributed by atoms with Crippen molar-refractivity contribution in [2.45, 2.75) is 26.0 Å². The molecule has 1 aliphatic heterocycles. The van der Waals surface area contributed by atoms with Crippen LogP contribution in [0.15, 0.2) is 22.3 Å². The SMILES string of the molecule is COC1C(Cl)=CN=C(N)N1c1cc(C(C)C)nn1C. The Morgan fingerprint density at radius 3 is 2.68 bits per heavy atom. The van der Waals surface area contributed by atoms with Crippen LogP contribution in [-0.2, 0) is 11.8 Å². The number of aromatic nitrogens is 2. The third-order valence-electron chi connectivity index (χ3n) is 2.97. The third-order valence-corrected chi connectivity index (χ3v) is 3.26. The smallest absolute Gasteiger partial charge is 0.204 e. The van der Waals surface area contributed by atoms with Crippen LogP contribution in [0.4, 0.5) is 5.82 Å². The fourth-order valence-electron chi connectivity index (χ4n) is 1.94. The Hall–Kier alpha value is -1.53. The second kappa shape index (κ2) is 5.22. The summed E-state index contributed by atoms with van der Waals surface area (Å²) >= 11 is 6.12. The number of aryl methyl sites for hydroxylation is 1. The van der Waals surface area contributed by atoms with E-state index in [9.17, 15) is 0 Å². The van der Waals surface area contributed by atoms with E-state index in [1.165, 1.54) is 6.20 Å². The summed E-state index contributed by atoms with van der Waals surface area (Å²) in [5.74, 6) is 1.45. The van der Waals surface area contributed by atoms with Gasteiger partial charge in [-0.05, 0) is 5.92 Å². The topological polar surface area (TPSA) is 68.7 Å². The number of anilines is 1. The van der Waals surface area contributed by atoms with E-state index < -0.39 is 6.23 Å².